The average molecular weight is 379 g/mol. The molecule has 0 amide bonds. The van der Waals surface area contributed by atoms with Crippen LogP contribution in [0.5, 0.6) is 5.75 Å². The lowest BCUT2D eigenvalue weighted by atomic mass is 10.2. The van der Waals surface area contributed by atoms with Crippen molar-refractivity contribution in [2.75, 3.05) is 40.6 Å². The van der Waals surface area contributed by atoms with E-state index in [-0.39, 0.29) is 0 Å². The van der Waals surface area contributed by atoms with Crippen LogP contribution in [0.1, 0.15) is 31.2 Å². The maximum Gasteiger partial charge on any atom is 0.191 e. The summed E-state index contributed by atoms with van der Waals surface area (Å²) in [6.07, 6.45) is 6.99. The van der Waals surface area contributed by atoms with Crippen LogP contribution in [0.2, 0.25) is 0 Å². The molecule has 2 unspecified atom stereocenters. The zero-order valence-corrected chi connectivity index (χ0v) is 17.4. The van der Waals surface area contributed by atoms with Gasteiger partial charge in [0.15, 0.2) is 5.96 Å². The van der Waals surface area contributed by atoms with Gasteiger partial charge in [0.1, 0.15) is 5.75 Å². The standard InChI is InChI=1S/C20H34N4OS/c1-21-20(23-17-8-11-19(14-17)26-4)22-15-16-6-9-18(10-7-16)25-13-5-12-24(2)3/h6-7,9-10,17,19H,5,8,11-15H2,1-4H3,(H2,21,22,23). The van der Waals surface area contributed by atoms with Gasteiger partial charge in [-0.2, -0.15) is 11.8 Å². The topological polar surface area (TPSA) is 48.9 Å². The summed E-state index contributed by atoms with van der Waals surface area (Å²) < 4.78 is 5.78. The molecule has 2 rings (SSSR count). The molecule has 1 fully saturated rings. The van der Waals surface area contributed by atoms with E-state index in [9.17, 15) is 0 Å². The number of nitrogens with one attached hydrogen (secondary N) is 2. The molecule has 146 valence electrons. The van der Waals surface area contributed by atoms with Gasteiger partial charge in [-0.1, -0.05) is 12.1 Å². The van der Waals surface area contributed by atoms with Gasteiger partial charge in [0.25, 0.3) is 0 Å². The molecule has 1 saturated carbocycles. The average Bonchev–Trinajstić information content (AvgIpc) is 3.10. The van der Waals surface area contributed by atoms with Crippen molar-refractivity contribution in [2.45, 2.75) is 43.5 Å². The molecule has 1 aliphatic rings. The monoisotopic (exact) mass is 378 g/mol. The number of rotatable bonds is 9. The number of aliphatic imine (C=N–C) groups is 1. The fraction of sp³-hybridized carbons (Fsp3) is 0.650. The Hall–Kier alpha value is -1.40. The first-order valence-corrected chi connectivity index (χ1v) is 10.8. The first-order valence-electron chi connectivity index (χ1n) is 9.47. The van der Waals surface area contributed by atoms with Crippen LogP contribution in [-0.2, 0) is 6.54 Å². The van der Waals surface area contributed by atoms with Gasteiger partial charge in [-0.15, -0.1) is 0 Å². The first-order chi connectivity index (χ1) is 12.6. The fourth-order valence-electron chi connectivity index (χ4n) is 3.13. The molecule has 0 heterocycles. The molecule has 5 nitrogen and oxygen atoms in total. The Morgan fingerprint density at radius 2 is 2.04 bits per heavy atom. The van der Waals surface area contributed by atoms with Gasteiger partial charge in [0.05, 0.1) is 6.61 Å². The first kappa shape index (κ1) is 20.9. The predicted molar refractivity (Wildman–Crippen MR) is 113 cm³/mol. The summed E-state index contributed by atoms with van der Waals surface area (Å²) >= 11 is 1.98. The molecule has 1 aromatic carbocycles. The van der Waals surface area contributed by atoms with Crippen molar-refractivity contribution in [3.05, 3.63) is 29.8 Å². The van der Waals surface area contributed by atoms with Gasteiger partial charge in [-0.05, 0) is 63.7 Å². The van der Waals surface area contributed by atoms with Crippen LogP contribution < -0.4 is 15.4 Å². The molecule has 1 aliphatic carbocycles. The maximum absolute atomic E-state index is 5.78. The van der Waals surface area contributed by atoms with Crippen LogP contribution in [0.25, 0.3) is 0 Å². The van der Waals surface area contributed by atoms with Gasteiger partial charge in [0.2, 0.25) is 0 Å². The number of benzene rings is 1. The van der Waals surface area contributed by atoms with Crippen molar-refractivity contribution in [3.63, 3.8) is 0 Å². The number of ether oxygens (including phenoxy) is 1. The summed E-state index contributed by atoms with van der Waals surface area (Å²) in [6, 6.07) is 8.85. The highest BCUT2D eigenvalue weighted by Crippen LogP contribution is 2.28. The molecular weight excluding hydrogens is 344 g/mol. The van der Waals surface area contributed by atoms with E-state index in [1.807, 2.05) is 30.9 Å². The lowest BCUT2D eigenvalue weighted by Gasteiger charge is -2.17. The summed E-state index contributed by atoms with van der Waals surface area (Å²) in [7, 11) is 6.00. The molecule has 1 aromatic rings. The summed E-state index contributed by atoms with van der Waals surface area (Å²) in [5.74, 6) is 1.82. The minimum atomic E-state index is 0.539. The molecule has 0 aromatic heterocycles. The largest absolute Gasteiger partial charge is 0.494 e. The fourth-order valence-corrected chi connectivity index (χ4v) is 3.93. The second kappa shape index (κ2) is 11.3. The van der Waals surface area contributed by atoms with Crippen molar-refractivity contribution < 1.29 is 4.74 Å². The molecule has 26 heavy (non-hydrogen) atoms. The Labute approximate surface area is 163 Å². The Morgan fingerprint density at radius 3 is 2.65 bits per heavy atom. The summed E-state index contributed by atoms with van der Waals surface area (Å²) in [6.45, 7) is 2.57. The number of guanidine groups is 1. The minimum absolute atomic E-state index is 0.539. The highest BCUT2D eigenvalue weighted by atomic mass is 32.2. The Bertz CT molecular complexity index is 547. The van der Waals surface area contributed by atoms with Crippen LogP contribution in [-0.4, -0.2) is 62.7 Å². The Morgan fingerprint density at radius 1 is 1.27 bits per heavy atom. The van der Waals surface area contributed by atoms with E-state index in [4.69, 9.17) is 4.74 Å². The third kappa shape index (κ3) is 7.46. The van der Waals surface area contributed by atoms with E-state index in [1.54, 1.807) is 0 Å². The van der Waals surface area contributed by atoms with Gasteiger partial charge in [0, 0.05) is 31.4 Å². The van der Waals surface area contributed by atoms with Crippen LogP contribution >= 0.6 is 11.8 Å². The molecule has 0 saturated heterocycles. The second-order valence-corrected chi connectivity index (χ2v) is 8.23. The quantitative estimate of drug-likeness (QED) is 0.393. The van der Waals surface area contributed by atoms with Crippen LogP contribution in [0.3, 0.4) is 0 Å². The number of nitrogens with zero attached hydrogens (tertiary/aromatic N) is 2. The predicted octanol–water partition coefficient (Wildman–Crippen LogP) is 2.97. The molecule has 0 aliphatic heterocycles. The van der Waals surface area contributed by atoms with Crippen molar-refractivity contribution in [1.82, 2.24) is 15.5 Å². The number of hydrogen-bond acceptors (Lipinski definition) is 4. The van der Waals surface area contributed by atoms with E-state index in [0.29, 0.717) is 6.04 Å². The maximum atomic E-state index is 5.78. The highest BCUT2D eigenvalue weighted by molar-refractivity contribution is 7.99. The van der Waals surface area contributed by atoms with E-state index >= 15 is 0 Å². The summed E-state index contributed by atoms with van der Waals surface area (Å²) in [4.78, 5) is 6.53. The molecule has 2 N–H and O–H groups in total. The number of thioether (sulfide) groups is 1. The normalized spacial score (nSPS) is 20.4. The molecule has 0 spiro atoms. The van der Waals surface area contributed by atoms with E-state index in [0.717, 1.165) is 43.1 Å². The van der Waals surface area contributed by atoms with Crippen molar-refractivity contribution >= 4 is 17.7 Å². The van der Waals surface area contributed by atoms with Crippen LogP contribution in [0.15, 0.2) is 29.3 Å². The summed E-state index contributed by atoms with van der Waals surface area (Å²) in [5, 5.41) is 7.76. The summed E-state index contributed by atoms with van der Waals surface area (Å²) in [5.41, 5.74) is 1.22. The van der Waals surface area contributed by atoms with Gasteiger partial charge in [-0.25, -0.2) is 0 Å². The third-order valence-corrected chi connectivity index (χ3v) is 5.78. The van der Waals surface area contributed by atoms with Crippen LogP contribution in [0, 0.1) is 0 Å². The smallest absolute Gasteiger partial charge is 0.191 e. The van der Waals surface area contributed by atoms with Gasteiger partial charge in [-0.3, -0.25) is 4.99 Å². The minimum Gasteiger partial charge on any atom is -0.494 e. The highest BCUT2D eigenvalue weighted by Gasteiger charge is 2.24. The molecule has 2 atom stereocenters. The third-order valence-electron chi connectivity index (χ3n) is 4.68. The molecule has 0 radical (unpaired) electrons. The second-order valence-electron chi connectivity index (χ2n) is 7.09. The van der Waals surface area contributed by atoms with E-state index < -0.39 is 0 Å². The van der Waals surface area contributed by atoms with Crippen LogP contribution in [0.4, 0.5) is 0 Å². The lowest BCUT2D eigenvalue weighted by molar-refractivity contribution is 0.281. The lowest BCUT2D eigenvalue weighted by Crippen LogP contribution is -2.42. The van der Waals surface area contributed by atoms with Gasteiger partial charge >= 0.3 is 0 Å². The zero-order chi connectivity index (χ0) is 18.8. The number of hydrogen-bond donors (Lipinski definition) is 2. The Kier molecular flexibility index (Phi) is 9.12. The van der Waals surface area contributed by atoms with E-state index in [2.05, 4.69) is 53.0 Å². The van der Waals surface area contributed by atoms with Crippen molar-refractivity contribution in [3.8, 4) is 5.75 Å². The zero-order valence-electron chi connectivity index (χ0n) is 16.6. The SMILES string of the molecule is CN=C(NCc1ccc(OCCCN(C)C)cc1)NC1CCC(SC)C1. The molecule has 6 heteroatoms. The molecular formula is C20H34N4OS. The van der Waals surface area contributed by atoms with Crippen molar-refractivity contribution in [1.29, 1.82) is 0 Å². The van der Waals surface area contributed by atoms with E-state index in [1.165, 1.54) is 24.8 Å². The Balaban J connectivity index is 1.70. The van der Waals surface area contributed by atoms with Crippen molar-refractivity contribution in [2.24, 2.45) is 4.99 Å². The van der Waals surface area contributed by atoms with Gasteiger partial charge < -0.3 is 20.3 Å². The molecule has 0 bridgehead atoms.